The van der Waals surface area contributed by atoms with Crippen LogP contribution < -0.4 is 20.1 Å². The lowest BCUT2D eigenvalue weighted by Gasteiger charge is -2.15. The zero-order chi connectivity index (χ0) is 16.5. The fraction of sp³-hybridized carbons (Fsp3) is 0.467. The van der Waals surface area contributed by atoms with Crippen LogP contribution in [-0.4, -0.2) is 43.8 Å². The summed E-state index contributed by atoms with van der Waals surface area (Å²) in [5.41, 5.74) is 0.437. The van der Waals surface area contributed by atoms with Gasteiger partial charge in [0.1, 0.15) is 17.5 Å². The van der Waals surface area contributed by atoms with Gasteiger partial charge in [-0.15, -0.1) is 0 Å². The summed E-state index contributed by atoms with van der Waals surface area (Å²) in [6, 6.07) is 4.07. The number of nitrogens with one attached hydrogen (secondary N) is 2. The van der Waals surface area contributed by atoms with Gasteiger partial charge in [0.2, 0.25) is 5.91 Å². The van der Waals surface area contributed by atoms with Crippen LogP contribution in [0.3, 0.4) is 0 Å². The van der Waals surface area contributed by atoms with Gasteiger partial charge in [0.15, 0.2) is 0 Å². The zero-order valence-electron chi connectivity index (χ0n) is 13.0. The number of anilines is 1. The van der Waals surface area contributed by atoms with Crippen molar-refractivity contribution < 1.29 is 24.2 Å². The Hall–Kier alpha value is -2.28. The van der Waals surface area contributed by atoms with E-state index in [2.05, 4.69) is 10.6 Å². The third kappa shape index (κ3) is 5.25. The lowest BCUT2D eigenvalue weighted by atomic mass is 10.2. The maximum absolute atomic E-state index is 12.0. The quantitative estimate of drug-likeness (QED) is 0.639. The molecule has 0 spiro atoms. The number of aliphatic carboxylic acids is 1. The highest BCUT2D eigenvalue weighted by atomic mass is 16.5. The summed E-state index contributed by atoms with van der Waals surface area (Å²) in [7, 11) is 3.00. The smallest absolute Gasteiger partial charge is 0.321 e. The van der Waals surface area contributed by atoms with Gasteiger partial charge in [0, 0.05) is 6.07 Å². The molecule has 22 heavy (non-hydrogen) atoms. The van der Waals surface area contributed by atoms with E-state index in [1.807, 2.05) is 6.92 Å². The Balaban J connectivity index is 2.76. The third-order valence-corrected chi connectivity index (χ3v) is 3.01. The van der Waals surface area contributed by atoms with Crippen molar-refractivity contribution in [3.05, 3.63) is 18.2 Å². The first-order chi connectivity index (χ1) is 10.5. The minimum Gasteiger partial charge on any atom is -0.497 e. The number of carbonyl (C=O) groups is 2. The average Bonchev–Trinajstić information content (AvgIpc) is 2.50. The first kappa shape index (κ1) is 17.8. The van der Waals surface area contributed by atoms with E-state index in [-0.39, 0.29) is 6.42 Å². The van der Waals surface area contributed by atoms with E-state index in [4.69, 9.17) is 14.6 Å². The SMILES string of the molecule is CCCNC(CC(=O)Nc1cc(OC)ccc1OC)C(=O)O. The van der Waals surface area contributed by atoms with Gasteiger partial charge in [-0.1, -0.05) is 6.92 Å². The summed E-state index contributed by atoms with van der Waals surface area (Å²) in [6.07, 6.45) is 0.616. The number of carboxylic acid groups (broad SMARTS) is 1. The number of rotatable bonds is 9. The molecule has 3 N–H and O–H groups in total. The van der Waals surface area contributed by atoms with Crippen LogP contribution in [0.1, 0.15) is 19.8 Å². The van der Waals surface area contributed by atoms with Gasteiger partial charge in [0.25, 0.3) is 0 Å². The minimum absolute atomic E-state index is 0.171. The average molecular weight is 310 g/mol. The standard InChI is InChI=1S/C15H22N2O5/c1-4-7-16-12(15(19)20)9-14(18)17-11-8-10(21-2)5-6-13(11)22-3/h5-6,8,12,16H,4,7,9H2,1-3H3,(H,17,18)(H,19,20). The fourth-order valence-electron chi connectivity index (χ4n) is 1.86. The number of amides is 1. The molecule has 0 bridgehead atoms. The molecule has 122 valence electrons. The highest BCUT2D eigenvalue weighted by Gasteiger charge is 2.21. The predicted molar refractivity (Wildman–Crippen MR) is 82.5 cm³/mol. The highest BCUT2D eigenvalue weighted by molar-refractivity contribution is 5.95. The molecule has 0 heterocycles. The monoisotopic (exact) mass is 310 g/mol. The Bertz CT molecular complexity index is 519. The van der Waals surface area contributed by atoms with Gasteiger partial charge < -0.3 is 25.2 Å². The Labute approximate surface area is 129 Å². The van der Waals surface area contributed by atoms with Crippen molar-refractivity contribution >= 4 is 17.6 Å². The van der Waals surface area contributed by atoms with E-state index >= 15 is 0 Å². The lowest BCUT2D eigenvalue weighted by Crippen LogP contribution is -2.40. The molecule has 0 aliphatic carbocycles. The number of carboxylic acids is 1. The molecule has 0 aromatic heterocycles. The summed E-state index contributed by atoms with van der Waals surface area (Å²) < 4.78 is 10.3. The Morgan fingerprint density at radius 3 is 2.55 bits per heavy atom. The molecular weight excluding hydrogens is 288 g/mol. The number of benzene rings is 1. The maximum atomic E-state index is 12.0. The van der Waals surface area contributed by atoms with Crippen LogP contribution in [-0.2, 0) is 9.59 Å². The van der Waals surface area contributed by atoms with E-state index < -0.39 is 17.9 Å². The van der Waals surface area contributed by atoms with E-state index in [9.17, 15) is 9.59 Å². The topological polar surface area (TPSA) is 96.9 Å². The van der Waals surface area contributed by atoms with E-state index in [1.165, 1.54) is 14.2 Å². The van der Waals surface area contributed by atoms with Crippen molar-refractivity contribution in [1.29, 1.82) is 0 Å². The second-order valence-electron chi connectivity index (χ2n) is 4.66. The molecule has 0 saturated heterocycles. The molecule has 7 nitrogen and oxygen atoms in total. The van der Waals surface area contributed by atoms with Gasteiger partial charge in [0.05, 0.1) is 26.3 Å². The second-order valence-corrected chi connectivity index (χ2v) is 4.66. The minimum atomic E-state index is -1.05. The highest BCUT2D eigenvalue weighted by Crippen LogP contribution is 2.28. The van der Waals surface area contributed by atoms with Crippen LogP contribution in [0.2, 0.25) is 0 Å². The third-order valence-electron chi connectivity index (χ3n) is 3.01. The molecule has 0 aliphatic heterocycles. The normalized spacial score (nSPS) is 11.6. The zero-order valence-corrected chi connectivity index (χ0v) is 13.0. The molecule has 1 amide bonds. The number of ether oxygens (including phenoxy) is 2. The van der Waals surface area contributed by atoms with Gasteiger partial charge in [-0.25, -0.2) is 0 Å². The second kappa shape index (κ2) is 8.89. The molecule has 1 rings (SSSR count). The van der Waals surface area contributed by atoms with Gasteiger partial charge in [-0.2, -0.15) is 0 Å². The van der Waals surface area contributed by atoms with Crippen LogP contribution in [0.25, 0.3) is 0 Å². The summed E-state index contributed by atoms with van der Waals surface area (Å²) in [5.74, 6) is -0.429. The lowest BCUT2D eigenvalue weighted by molar-refractivity contribution is -0.141. The molecule has 0 saturated carbocycles. The molecule has 1 atom stereocenters. The number of carbonyl (C=O) groups excluding carboxylic acids is 1. The van der Waals surface area contributed by atoms with Crippen molar-refractivity contribution in [3.8, 4) is 11.5 Å². The Kier molecular flexibility index (Phi) is 7.18. The summed E-state index contributed by atoms with van der Waals surface area (Å²) in [6.45, 7) is 2.46. The van der Waals surface area contributed by atoms with Crippen LogP contribution in [0.15, 0.2) is 18.2 Å². The number of hydrogen-bond acceptors (Lipinski definition) is 5. The molecule has 1 aromatic carbocycles. The van der Waals surface area contributed by atoms with E-state index in [1.54, 1.807) is 18.2 Å². The first-order valence-corrected chi connectivity index (χ1v) is 6.99. The molecule has 7 heteroatoms. The maximum Gasteiger partial charge on any atom is 0.321 e. The molecule has 0 radical (unpaired) electrons. The summed E-state index contributed by atoms with van der Waals surface area (Å²) in [5, 5.41) is 14.6. The summed E-state index contributed by atoms with van der Waals surface area (Å²) >= 11 is 0. The predicted octanol–water partition coefficient (Wildman–Crippen LogP) is 1.49. The van der Waals surface area contributed by atoms with Gasteiger partial charge in [-0.3, -0.25) is 9.59 Å². The van der Waals surface area contributed by atoms with Crippen molar-refractivity contribution in [2.24, 2.45) is 0 Å². The molecular formula is C15H22N2O5. The molecule has 1 unspecified atom stereocenters. The van der Waals surface area contributed by atoms with Gasteiger partial charge >= 0.3 is 5.97 Å². The number of hydrogen-bond donors (Lipinski definition) is 3. The Morgan fingerprint density at radius 2 is 2.00 bits per heavy atom. The number of methoxy groups -OCH3 is 2. The molecule has 1 aromatic rings. The van der Waals surface area contributed by atoms with Crippen molar-refractivity contribution in [2.75, 3.05) is 26.1 Å². The fourth-order valence-corrected chi connectivity index (χ4v) is 1.86. The van der Waals surface area contributed by atoms with Crippen LogP contribution in [0, 0.1) is 0 Å². The van der Waals surface area contributed by atoms with Crippen LogP contribution >= 0.6 is 0 Å². The van der Waals surface area contributed by atoms with Crippen molar-refractivity contribution in [1.82, 2.24) is 5.32 Å². The van der Waals surface area contributed by atoms with Crippen molar-refractivity contribution in [2.45, 2.75) is 25.8 Å². The van der Waals surface area contributed by atoms with Crippen LogP contribution in [0.5, 0.6) is 11.5 Å². The molecule has 0 aliphatic rings. The Morgan fingerprint density at radius 1 is 1.27 bits per heavy atom. The van der Waals surface area contributed by atoms with E-state index in [0.29, 0.717) is 23.7 Å². The summed E-state index contributed by atoms with van der Waals surface area (Å²) in [4.78, 5) is 23.2. The van der Waals surface area contributed by atoms with E-state index in [0.717, 1.165) is 6.42 Å². The van der Waals surface area contributed by atoms with Crippen molar-refractivity contribution in [3.63, 3.8) is 0 Å². The first-order valence-electron chi connectivity index (χ1n) is 6.99. The largest absolute Gasteiger partial charge is 0.497 e. The van der Waals surface area contributed by atoms with Gasteiger partial charge in [-0.05, 0) is 25.1 Å². The van der Waals surface area contributed by atoms with Crippen LogP contribution in [0.4, 0.5) is 5.69 Å². The molecule has 0 fully saturated rings.